The van der Waals surface area contributed by atoms with Gasteiger partial charge in [-0.15, -0.1) is 12.3 Å². The van der Waals surface area contributed by atoms with Crippen LogP contribution in [0.1, 0.15) is 24.8 Å². The van der Waals surface area contributed by atoms with E-state index in [1.54, 1.807) is 7.11 Å². The number of carboxylic acid groups (broad SMARTS) is 1. The number of unbranched alkanes of at least 4 members (excludes halogenated alkanes) is 1. The summed E-state index contributed by atoms with van der Waals surface area (Å²) in [6.07, 6.45) is 7.66. The van der Waals surface area contributed by atoms with Crippen LogP contribution in [0, 0.1) is 18.3 Å². The number of terminal acetylenes is 1. The lowest BCUT2D eigenvalue weighted by atomic mass is 9.94. The average Bonchev–Trinajstić information content (AvgIpc) is 2.38. The molecule has 1 atom stereocenters. The maximum Gasteiger partial charge on any atom is 0.306 e. The van der Waals surface area contributed by atoms with Crippen LogP contribution in [0.2, 0.25) is 0 Å². The summed E-state index contributed by atoms with van der Waals surface area (Å²) in [5, 5.41) is 9.18. The van der Waals surface area contributed by atoms with Crippen LogP contribution in [0.4, 0.5) is 0 Å². The van der Waals surface area contributed by atoms with Crippen LogP contribution in [-0.2, 0) is 11.2 Å². The van der Waals surface area contributed by atoms with E-state index in [1.165, 1.54) is 0 Å². The molecule has 1 N–H and O–H groups in total. The molecule has 0 spiro atoms. The van der Waals surface area contributed by atoms with E-state index in [2.05, 4.69) is 5.92 Å². The largest absolute Gasteiger partial charge is 0.497 e. The number of methoxy groups -OCH3 is 1. The third kappa shape index (κ3) is 4.50. The van der Waals surface area contributed by atoms with E-state index >= 15 is 0 Å². The number of aliphatic carboxylic acids is 1. The van der Waals surface area contributed by atoms with E-state index in [0.29, 0.717) is 19.3 Å². The molecule has 0 fully saturated rings. The van der Waals surface area contributed by atoms with Crippen molar-refractivity contribution < 1.29 is 14.6 Å². The Morgan fingerprint density at radius 3 is 2.94 bits per heavy atom. The van der Waals surface area contributed by atoms with Gasteiger partial charge in [0.15, 0.2) is 0 Å². The second-order valence-electron chi connectivity index (χ2n) is 4.19. The number of hydrogen-bond donors (Lipinski definition) is 1. The fraction of sp³-hybridized carbons (Fsp3) is 0.400. The number of rotatable bonds is 7. The van der Waals surface area contributed by atoms with Crippen LogP contribution >= 0.6 is 0 Å². The van der Waals surface area contributed by atoms with Gasteiger partial charge in [0.05, 0.1) is 13.0 Å². The summed E-state index contributed by atoms with van der Waals surface area (Å²) < 4.78 is 5.12. The van der Waals surface area contributed by atoms with Gasteiger partial charge in [-0.05, 0) is 37.0 Å². The van der Waals surface area contributed by atoms with Crippen molar-refractivity contribution in [2.24, 2.45) is 5.92 Å². The molecule has 3 heteroatoms. The molecule has 0 saturated heterocycles. The van der Waals surface area contributed by atoms with Gasteiger partial charge in [-0.1, -0.05) is 12.1 Å². The number of hydrogen-bond acceptors (Lipinski definition) is 2. The lowest BCUT2D eigenvalue weighted by molar-refractivity contribution is -0.141. The number of carboxylic acids is 1. The molecule has 0 aliphatic heterocycles. The molecule has 1 aromatic rings. The fourth-order valence-corrected chi connectivity index (χ4v) is 1.85. The van der Waals surface area contributed by atoms with Gasteiger partial charge < -0.3 is 9.84 Å². The van der Waals surface area contributed by atoms with Gasteiger partial charge in [-0.3, -0.25) is 4.79 Å². The molecule has 0 aromatic heterocycles. The highest BCUT2D eigenvalue weighted by atomic mass is 16.5. The molecule has 18 heavy (non-hydrogen) atoms. The van der Waals surface area contributed by atoms with Crippen molar-refractivity contribution >= 4 is 5.97 Å². The quantitative estimate of drug-likeness (QED) is 0.594. The molecular formula is C15H18O3. The van der Waals surface area contributed by atoms with E-state index in [0.717, 1.165) is 17.7 Å². The van der Waals surface area contributed by atoms with Gasteiger partial charge in [0, 0.05) is 6.42 Å². The summed E-state index contributed by atoms with van der Waals surface area (Å²) in [6, 6.07) is 7.50. The molecule has 0 radical (unpaired) electrons. The lowest BCUT2D eigenvalue weighted by Crippen LogP contribution is -2.16. The molecule has 1 unspecified atom stereocenters. The van der Waals surface area contributed by atoms with Crippen molar-refractivity contribution in [3.8, 4) is 18.1 Å². The molecule has 3 nitrogen and oxygen atoms in total. The monoisotopic (exact) mass is 246 g/mol. The van der Waals surface area contributed by atoms with E-state index in [1.807, 2.05) is 24.3 Å². The van der Waals surface area contributed by atoms with E-state index < -0.39 is 5.97 Å². The Hall–Kier alpha value is -1.95. The second-order valence-corrected chi connectivity index (χ2v) is 4.19. The summed E-state index contributed by atoms with van der Waals surface area (Å²) in [4.78, 5) is 11.2. The maximum absolute atomic E-state index is 11.2. The molecule has 0 bridgehead atoms. The third-order valence-corrected chi connectivity index (χ3v) is 2.84. The van der Waals surface area contributed by atoms with Gasteiger partial charge in [0.25, 0.3) is 0 Å². The standard InChI is InChI=1S/C15H18O3/c1-3-4-5-8-13(15(16)17)10-12-7-6-9-14(11-12)18-2/h1,6-7,9,11,13H,4-5,8,10H2,2H3,(H,16,17). The minimum Gasteiger partial charge on any atom is -0.497 e. The Labute approximate surface area is 108 Å². The van der Waals surface area contributed by atoms with Gasteiger partial charge in [-0.25, -0.2) is 0 Å². The van der Waals surface area contributed by atoms with Crippen molar-refractivity contribution in [1.29, 1.82) is 0 Å². The fourth-order valence-electron chi connectivity index (χ4n) is 1.85. The highest BCUT2D eigenvalue weighted by molar-refractivity contribution is 5.70. The highest BCUT2D eigenvalue weighted by Gasteiger charge is 2.17. The molecular weight excluding hydrogens is 228 g/mol. The normalized spacial score (nSPS) is 11.6. The van der Waals surface area contributed by atoms with Crippen molar-refractivity contribution in [2.45, 2.75) is 25.7 Å². The Morgan fingerprint density at radius 2 is 2.33 bits per heavy atom. The average molecular weight is 246 g/mol. The highest BCUT2D eigenvalue weighted by Crippen LogP contribution is 2.19. The predicted octanol–water partition coefficient (Wildman–Crippen LogP) is 2.74. The molecule has 0 aliphatic carbocycles. The summed E-state index contributed by atoms with van der Waals surface area (Å²) in [5.41, 5.74) is 0.974. The molecule has 0 saturated carbocycles. The van der Waals surface area contributed by atoms with Gasteiger partial charge >= 0.3 is 5.97 Å². The molecule has 0 heterocycles. The zero-order valence-electron chi connectivity index (χ0n) is 10.6. The third-order valence-electron chi connectivity index (χ3n) is 2.84. The van der Waals surface area contributed by atoms with Crippen LogP contribution in [0.5, 0.6) is 5.75 Å². The SMILES string of the molecule is C#CCCCC(Cc1cccc(OC)c1)C(=O)O. The summed E-state index contributed by atoms with van der Waals surface area (Å²) in [5.74, 6) is 2.13. The zero-order chi connectivity index (χ0) is 13.4. The molecule has 0 aliphatic rings. The van der Waals surface area contributed by atoms with E-state index in [9.17, 15) is 9.90 Å². The van der Waals surface area contributed by atoms with E-state index in [-0.39, 0.29) is 5.92 Å². The van der Waals surface area contributed by atoms with Gasteiger partial charge in [0.1, 0.15) is 5.75 Å². The molecule has 96 valence electrons. The lowest BCUT2D eigenvalue weighted by Gasteiger charge is -2.12. The van der Waals surface area contributed by atoms with Crippen LogP contribution < -0.4 is 4.74 Å². The van der Waals surface area contributed by atoms with Crippen molar-refractivity contribution in [3.05, 3.63) is 29.8 Å². The molecule has 0 amide bonds. The number of benzene rings is 1. The molecule has 1 rings (SSSR count). The summed E-state index contributed by atoms with van der Waals surface area (Å²) >= 11 is 0. The van der Waals surface area contributed by atoms with Crippen LogP contribution in [-0.4, -0.2) is 18.2 Å². The first-order valence-electron chi connectivity index (χ1n) is 5.96. The van der Waals surface area contributed by atoms with Crippen LogP contribution in [0.25, 0.3) is 0 Å². The van der Waals surface area contributed by atoms with Gasteiger partial charge in [-0.2, -0.15) is 0 Å². The van der Waals surface area contributed by atoms with Crippen molar-refractivity contribution in [3.63, 3.8) is 0 Å². The Morgan fingerprint density at radius 1 is 1.56 bits per heavy atom. The number of ether oxygens (including phenoxy) is 1. The topological polar surface area (TPSA) is 46.5 Å². The smallest absolute Gasteiger partial charge is 0.306 e. The molecule has 1 aromatic carbocycles. The predicted molar refractivity (Wildman–Crippen MR) is 70.5 cm³/mol. The second kappa shape index (κ2) is 7.39. The minimum atomic E-state index is -0.769. The summed E-state index contributed by atoms with van der Waals surface area (Å²) in [7, 11) is 1.60. The van der Waals surface area contributed by atoms with Crippen molar-refractivity contribution in [2.75, 3.05) is 7.11 Å². The number of carbonyl (C=O) groups is 1. The summed E-state index contributed by atoms with van der Waals surface area (Å²) in [6.45, 7) is 0. The first kappa shape index (κ1) is 14.1. The Balaban J connectivity index is 2.64. The maximum atomic E-state index is 11.2. The Bertz CT molecular complexity index is 432. The minimum absolute atomic E-state index is 0.384. The Kier molecular flexibility index (Phi) is 5.79. The van der Waals surface area contributed by atoms with Gasteiger partial charge in [0.2, 0.25) is 0 Å². The first-order chi connectivity index (χ1) is 8.67. The first-order valence-corrected chi connectivity index (χ1v) is 5.96. The van der Waals surface area contributed by atoms with Crippen LogP contribution in [0.15, 0.2) is 24.3 Å². The van der Waals surface area contributed by atoms with E-state index in [4.69, 9.17) is 11.2 Å². The zero-order valence-corrected chi connectivity index (χ0v) is 10.6. The van der Waals surface area contributed by atoms with Crippen LogP contribution in [0.3, 0.4) is 0 Å². The van der Waals surface area contributed by atoms with Crippen molar-refractivity contribution in [1.82, 2.24) is 0 Å².